The van der Waals surface area contributed by atoms with Crippen molar-refractivity contribution in [3.63, 3.8) is 0 Å². The lowest BCUT2D eigenvalue weighted by Gasteiger charge is -2.06. The van der Waals surface area contributed by atoms with Gasteiger partial charge in [0, 0.05) is 19.0 Å². The summed E-state index contributed by atoms with van der Waals surface area (Å²) in [6.07, 6.45) is 2.21. The van der Waals surface area contributed by atoms with Gasteiger partial charge in [-0.3, -0.25) is 19.4 Å². The van der Waals surface area contributed by atoms with E-state index in [1.165, 1.54) is 16.4 Å². The van der Waals surface area contributed by atoms with E-state index in [-0.39, 0.29) is 0 Å². The highest BCUT2D eigenvalue weighted by Gasteiger charge is 2.27. The number of hydrogen-bond donors (Lipinski definition) is 1. The molecular formula is C11H10BrN5O2S. The molecule has 7 nitrogen and oxygen atoms in total. The molecule has 0 spiro atoms. The number of hydrogen-bond acceptors (Lipinski definition) is 6. The number of aromatic amines is 1. The monoisotopic (exact) mass is 355 g/mol. The van der Waals surface area contributed by atoms with Gasteiger partial charge in [-0.1, -0.05) is 0 Å². The summed E-state index contributed by atoms with van der Waals surface area (Å²) in [5, 5.41) is 3.46. The van der Waals surface area contributed by atoms with E-state index in [0.717, 1.165) is 18.7 Å². The molecule has 3 rings (SSSR count). The van der Waals surface area contributed by atoms with Gasteiger partial charge in [-0.2, -0.15) is 4.98 Å². The second-order valence-electron chi connectivity index (χ2n) is 4.46. The van der Waals surface area contributed by atoms with Gasteiger partial charge in [0.1, 0.15) is 15.5 Å². The zero-order valence-corrected chi connectivity index (χ0v) is 12.9. The summed E-state index contributed by atoms with van der Waals surface area (Å²) in [6, 6.07) is 1.76. The topological polar surface area (TPSA) is 93.5 Å². The minimum Gasteiger partial charge on any atom is -0.265 e. The van der Waals surface area contributed by atoms with E-state index >= 15 is 0 Å². The van der Waals surface area contributed by atoms with Crippen molar-refractivity contribution in [1.29, 1.82) is 0 Å². The molecule has 0 unspecified atom stereocenters. The molecular weight excluding hydrogens is 346 g/mol. The Morgan fingerprint density at radius 1 is 1.35 bits per heavy atom. The van der Waals surface area contributed by atoms with Gasteiger partial charge in [0.05, 0.1) is 0 Å². The van der Waals surface area contributed by atoms with E-state index < -0.39 is 11.1 Å². The number of aryl methyl sites for hydroxylation is 1. The van der Waals surface area contributed by atoms with Crippen LogP contribution < -0.4 is 11.1 Å². The van der Waals surface area contributed by atoms with Crippen LogP contribution in [0.15, 0.2) is 30.4 Å². The number of halogens is 1. The Morgan fingerprint density at radius 2 is 2.10 bits per heavy atom. The molecule has 9 heteroatoms. The molecule has 0 radical (unpaired) electrons. The van der Waals surface area contributed by atoms with E-state index in [9.17, 15) is 9.59 Å². The number of aromatic nitrogens is 5. The van der Waals surface area contributed by atoms with Crippen LogP contribution in [0.2, 0.25) is 0 Å². The quantitative estimate of drug-likeness (QED) is 0.653. The highest BCUT2D eigenvalue weighted by molar-refractivity contribution is 9.10. The maximum atomic E-state index is 11.3. The van der Waals surface area contributed by atoms with Gasteiger partial charge in [-0.05, 0) is 40.5 Å². The first-order valence-corrected chi connectivity index (χ1v) is 7.53. The zero-order valence-electron chi connectivity index (χ0n) is 10.5. The third kappa shape index (κ3) is 2.83. The molecule has 0 aromatic carbocycles. The maximum Gasteiger partial charge on any atom is 0.339 e. The van der Waals surface area contributed by atoms with Gasteiger partial charge in [0.2, 0.25) is 0 Å². The fraction of sp³-hybridized carbons (Fsp3) is 0.364. The summed E-state index contributed by atoms with van der Waals surface area (Å²) in [5.74, 6) is 1.23. The first kappa shape index (κ1) is 13.5. The molecule has 104 valence electrons. The van der Waals surface area contributed by atoms with Crippen LogP contribution in [0.5, 0.6) is 0 Å². The van der Waals surface area contributed by atoms with Gasteiger partial charge in [0.15, 0.2) is 5.16 Å². The van der Waals surface area contributed by atoms with Crippen molar-refractivity contribution in [1.82, 2.24) is 24.7 Å². The van der Waals surface area contributed by atoms with Crippen LogP contribution >= 0.6 is 27.7 Å². The van der Waals surface area contributed by atoms with Crippen LogP contribution in [-0.2, 0) is 7.05 Å². The Labute approximate surface area is 126 Å². The Balaban J connectivity index is 1.97. The highest BCUT2D eigenvalue weighted by Crippen LogP contribution is 2.39. The lowest BCUT2D eigenvalue weighted by molar-refractivity contribution is 0.596. The first-order valence-electron chi connectivity index (χ1n) is 5.92. The summed E-state index contributed by atoms with van der Waals surface area (Å²) < 4.78 is 2.10. The molecule has 0 atom stereocenters. The van der Waals surface area contributed by atoms with Crippen molar-refractivity contribution in [3.8, 4) is 0 Å². The summed E-state index contributed by atoms with van der Waals surface area (Å²) in [5.41, 5.74) is -1.54. The van der Waals surface area contributed by atoms with Crippen molar-refractivity contribution < 1.29 is 0 Å². The van der Waals surface area contributed by atoms with Crippen molar-refractivity contribution in [2.75, 3.05) is 0 Å². The molecule has 2 heterocycles. The smallest absolute Gasteiger partial charge is 0.265 e. The van der Waals surface area contributed by atoms with E-state index in [0.29, 0.717) is 20.7 Å². The molecule has 0 aliphatic heterocycles. The van der Waals surface area contributed by atoms with E-state index in [1.807, 2.05) is 0 Å². The van der Waals surface area contributed by atoms with Gasteiger partial charge in [-0.15, -0.1) is 0 Å². The zero-order chi connectivity index (χ0) is 14.3. The van der Waals surface area contributed by atoms with E-state index in [1.54, 1.807) is 13.1 Å². The van der Waals surface area contributed by atoms with Crippen LogP contribution in [-0.4, -0.2) is 24.7 Å². The minimum absolute atomic E-state index is 0.377. The van der Waals surface area contributed by atoms with Crippen molar-refractivity contribution in [2.24, 2.45) is 7.05 Å². The largest absolute Gasteiger partial charge is 0.339 e. The normalized spacial score (nSPS) is 14.5. The van der Waals surface area contributed by atoms with Crippen LogP contribution in [0.3, 0.4) is 0 Å². The predicted octanol–water partition coefficient (Wildman–Crippen LogP) is 1.05. The number of H-pyrrole nitrogens is 1. The van der Waals surface area contributed by atoms with Crippen LogP contribution in [0.25, 0.3) is 0 Å². The standard InChI is InChI=1S/C11H10BrN5O2S/c1-17-11(15-9(18)10(19)16-17)20-7-4-6(12)13-8(14-7)5-2-3-5/h4-5H,2-3H2,1H3,(H,16,19). The van der Waals surface area contributed by atoms with Crippen molar-refractivity contribution in [2.45, 2.75) is 28.9 Å². The maximum absolute atomic E-state index is 11.3. The van der Waals surface area contributed by atoms with Gasteiger partial charge in [0.25, 0.3) is 0 Å². The molecule has 0 saturated heterocycles. The third-order valence-electron chi connectivity index (χ3n) is 2.77. The Morgan fingerprint density at radius 3 is 2.80 bits per heavy atom. The van der Waals surface area contributed by atoms with Crippen molar-refractivity contribution >= 4 is 27.7 Å². The summed E-state index contributed by atoms with van der Waals surface area (Å²) >= 11 is 4.57. The Kier molecular flexibility index (Phi) is 3.47. The number of nitrogens with zero attached hydrogens (tertiary/aromatic N) is 4. The molecule has 2 aromatic heterocycles. The average molecular weight is 356 g/mol. The summed E-state index contributed by atoms with van der Waals surface area (Å²) in [6.45, 7) is 0. The Hall–Kier alpha value is -1.48. The molecule has 0 bridgehead atoms. The van der Waals surface area contributed by atoms with Crippen molar-refractivity contribution in [3.05, 3.63) is 37.2 Å². The SMILES string of the molecule is Cn1[nH]c(=O)c(=O)nc1Sc1cc(Br)nc(C2CC2)n1. The molecule has 1 aliphatic carbocycles. The van der Waals surface area contributed by atoms with E-state index in [4.69, 9.17) is 0 Å². The van der Waals surface area contributed by atoms with Crippen LogP contribution in [0.1, 0.15) is 24.6 Å². The highest BCUT2D eigenvalue weighted by atomic mass is 79.9. The lowest BCUT2D eigenvalue weighted by atomic mass is 10.4. The lowest BCUT2D eigenvalue weighted by Crippen LogP contribution is -2.33. The predicted molar refractivity (Wildman–Crippen MR) is 75.9 cm³/mol. The van der Waals surface area contributed by atoms with Gasteiger partial charge >= 0.3 is 11.1 Å². The second kappa shape index (κ2) is 5.13. The van der Waals surface area contributed by atoms with Crippen LogP contribution in [0.4, 0.5) is 0 Å². The van der Waals surface area contributed by atoms with Crippen LogP contribution in [0, 0.1) is 0 Å². The summed E-state index contributed by atoms with van der Waals surface area (Å²) in [7, 11) is 1.62. The molecule has 1 fully saturated rings. The molecule has 0 amide bonds. The Bertz CT molecular complexity index is 783. The second-order valence-corrected chi connectivity index (χ2v) is 6.26. The van der Waals surface area contributed by atoms with E-state index in [2.05, 4.69) is 36.0 Å². The molecule has 20 heavy (non-hydrogen) atoms. The third-order valence-corrected chi connectivity index (χ3v) is 4.15. The average Bonchev–Trinajstić information content (AvgIpc) is 3.19. The fourth-order valence-corrected chi connectivity index (χ4v) is 2.99. The minimum atomic E-state index is -0.805. The van der Waals surface area contributed by atoms with Gasteiger partial charge < -0.3 is 0 Å². The molecule has 1 aliphatic rings. The number of rotatable bonds is 3. The number of nitrogens with one attached hydrogen (secondary N) is 1. The summed E-state index contributed by atoms with van der Waals surface area (Å²) in [4.78, 5) is 35.0. The fourth-order valence-electron chi connectivity index (χ4n) is 1.64. The van der Waals surface area contributed by atoms with Gasteiger partial charge in [-0.25, -0.2) is 9.97 Å². The molecule has 2 aromatic rings. The first-order chi connectivity index (χ1) is 9.52. The molecule has 1 saturated carbocycles. The molecule has 1 N–H and O–H groups in total.